The minimum Gasteiger partial charge on any atom is -0.368 e. The van der Waals surface area contributed by atoms with Gasteiger partial charge in [0.05, 0.1) is 28.8 Å². The van der Waals surface area contributed by atoms with Crippen molar-refractivity contribution in [3.63, 3.8) is 0 Å². The fourth-order valence-corrected chi connectivity index (χ4v) is 6.10. The third kappa shape index (κ3) is 4.99. The average molecular weight is 428 g/mol. The van der Waals surface area contributed by atoms with E-state index in [-0.39, 0.29) is 29.5 Å². The van der Waals surface area contributed by atoms with E-state index in [9.17, 15) is 13.2 Å². The number of nitrogens with zero attached hydrogens (tertiary/aromatic N) is 3. The highest BCUT2D eigenvalue weighted by Gasteiger charge is 2.37. The third-order valence-electron chi connectivity index (χ3n) is 5.88. The Labute approximate surface area is 173 Å². The topological polar surface area (TPSA) is 60.9 Å². The van der Waals surface area contributed by atoms with Gasteiger partial charge in [0.15, 0.2) is 9.84 Å². The Bertz CT molecular complexity index is 794. The molecule has 1 aromatic rings. The van der Waals surface area contributed by atoms with Gasteiger partial charge >= 0.3 is 0 Å². The predicted molar refractivity (Wildman–Crippen MR) is 114 cm³/mol. The molecular formula is C20H30ClN3O3S. The molecule has 6 nitrogen and oxygen atoms in total. The Kier molecular flexibility index (Phi) is 6.89. The van der Waals surface area contributed by atoms with Crippen LogP contribution in [-0.2, 0) is 14.6 Å². The molecule has 2 atom stereocenters. The Morgan fingerprint density at radius 2 is 1.93 bits per heavy atom. The first-order valence-electron chi connectivity index (χ1n) is 10.0. The minimum absolute atomic E-state index is 0.0441. The molecule has 2 aliphatic heterocycles. The fourth-order valence-electron chi connectivity index (χ4n) is 4.13. The Hall–Kier alpha value is -1.31. The highest BCUT2D eigenvalue weighted by atomic mass is 35.5. The lowest BCUT2D eigenvalue weighted by Gasteiger charge is -2.39. The zero-order valence-corrected chi connectivity index (χ0v) is 18.3. The molecular weight excluding hydrogens is 398 g/mol. The number of anilines is 1. The van der Waals surface area contributed by atoms with Gasteiger partial charge in [0.1, 0.15) is 0 Å². The van der Waals surface area contributed by atoms with Crippen molar-refractivity contribution in [2.45, 2.75) is 38.8 Å². The van der Waals surface area contributed by atoms with Gasteiger partial charge < -0.3 is 9.80 Å². The number of para-hydroxylation sites is 1. The Morgan fingerprint density at radius 3 is 2.50 bits per heavy atom. The summed E-state index contributed by atoms with van der Waals surface area (Å²) in [4.78, 5) is 19.3. The van der Waals surface area contributed by atoms with Gasteiger partial charge in [-0.2, -0.15) is 0 Å². The summed E-state index contributed by atoms with van der Waals surface area (Å²) in [6.07, 6.45) is 1.38. The largest absolute Gasteiger partial charge is 0.368 e. The van der Waals surface area contributed by atoms with Gasteiger partial charge in [-0.15, -0.1) is 0 Å². The maximum Gasteiger partial charge on any atom is 0.237 e. The van der Waals surface area contributed by atoms with Crippen LogP contribution in [0, 0.1) is 0 Å². The second kappa shape index (κ2) is 9.01. The molecule has 2 aliphatic rings. The van der Waals surface area contributed by atoms with E-state index in [2.05, 4.69) is 9.80 Å². The van der Waals surface area contributed by atoms with E-state index in [1.54, 1.807) is 0 Å². The van der Waals surface area contributed by atoms with Crippen LogP contribution in [0.3, 0.4) is 0 Å². The smallest absolute Gasteiger partial charge is 0.237 e. The van der Waals surface area contributed by atoms with Crippen molar-refractivity contribution in [3.05, 3.63) is 29.3 Å². The van der Waals surface area contributed by atoms with Gasteiger partial charge in [-0.3, -0.25) is 9.69 Å². The van der Waals surface area contributed by atoms with Crippen molar-refractivity contribution in [1.82, 2.24) is 9.80 Å². The van der Waals surface area contributed by atoms with Crippen LogP contribution < -0.4 is 4.90 Å². The van der Waals surface area contributed by atoms with Crippen molar-refractivity contribution in [2.75, 3.05) is 49.1 Å². The first kappa shape index (κ1) is 21.4. The van der Waals surface area contributed by atoms with E-state index in [0.717, 1.165) is 43.3 Å². The summed E-state index contributed by atoms with van der Waals surface area (Å²) in [7, 11) is -3.02. The molecule has 3 rings (SSSR count). The van der Waals surface area contributed by atoms with Crippen LogP contribution in [0.4, 0.5) is 5.69 Å². The van der Waals surface area contributed by atoms with E-state index in [4.69, 9.17) is 11.6 Å². The van der Waals surface area contributed by atoms with Crippen LogP contribution in [0.2, 0.25) is 5.02 Å². The van der Waals surface area contributed by atoms with Crippen LogP contribution >= 0.6 is 11.6 Å². The molecule has 0 N–H and O–H groups in total. The Balaban J connectivity index is 1.59. The summed E-state index contributed by atoms with van der Waals surface area (Å²) >= 11 is 6.30. The maximum absolute atomic E-state index is 13.1. The van der Waals surface area contributed by atoms with Crippen LogP contribution in [-0.4, -0.2) is 80.4 Å². The van der Waals surface area contributed by atoms with E-state index < -0.39 is 9.84 Å². The Morgan fingerprint density at radius 1 is 1.25 bits per heavy atom. The fraction of sp³-hybridized carbons (Fsp3) is 0.650. The number of carbonyl (C=O) groups excluding carboxylic acids is 1. The first-order valence-corrected chi connectivity index (χ1v) is 12.2. The molecule has 0 aromatic heterocycles. The molecule has 1 amide bonds. The second-order valence-corrected chi connectivity index (χ2v) is 10.5. The maximum atomic E-state index is 13.1. The van der Waals surface area contributed by atoms with Crippen molar-refractivity contribution >= 4 is 33.0 Å². The summed E-state index contributed by atoms with van der Waals surface area (Å²) in [5, 5.41) is 0.748. The van der Waals surface area contributed by atoms with Crippen molar-refractivity contribution < 1.29 is 13.2 Å². The number of halogens is 1. The molecule has 1 aromatic carbocycles. The molecule has 2 fully saturated rings. The minimum atomic E-state index is -3.02. The third-order valence-corrected chi connectivity index (χ3v) is 7.95. The van der Waals surface area contributed by atoms with Gasteiger partial charge in [0.25, 0.3) is 0 Å². The van der Waals surface area contributed by atoms with Gasteiger partial charge in [-0.1, -0.05) is 30.7 Å². The van der Waals surface area contributed by atoms with Crippen molar-refractivity contribution in [2.24, 2.45) is 0 Å². The van der Waals surface area contributed by atoms with Gasteiger partial charge in [-0.05, 0) is 31.9 Å². The number of benzene rings is 1. The average Bonchev–Trinajstić information content (AvgIpc) is 3.02. The molecule has 0 spiro atoms. The lowest BCUT2D eigenvalue weighted by atomic mass is 10.1. The second-order valence-electron chi connectivity index (χ2n) is 7.83. The summed E-state index contributed by atoms with van der Waals surface area (Å²) < 4.78 is 23.8. The van der Waals surface area contributed by atoms with Crippen molar-refractivity contribution in [3.8, 4) is 0 Å². The summed E-state index contributed by atoms with van der Waals surface area (Å²) in [6, 6.07) is 7.69. The SMILES string of the molecule is CC[C@@H](C)N(C(=O)CN1CCN(c2ccccc2Cl)CC1)[C@H]1CCS(=O)(=O)C1. The number of rotatable bonds is 6. The van der Waals surface area contributed by atoms with E-state index in [1.165, 1.54) is 0 Å². The molecule has 0 radical (unpaired) electrons. The lowest BCUT2D eigenvalue weighted by Crippen LogP contribution is -2.53. The molecule has 156 valence electrons. The summed E-state index contributed by atoms with van der Waals surface area (Å²) in [6.45, 7) is 7.60. The monoisotopic (exact) mass is 427 g/mol. The van der Waals surface area contributed by atoms with E-state index in [0.29, 0.717) is 13.0 Å². The molecule has 28 heavy (non-hydrogen) atoms. The summed E-state index contributed by atoms with van der Waals surface area (Å²) in [5.74, 6) is 0.334. The van der Waals surface area contributed by atoms with Crippen molar-refractivity contribution in [1.29, 1.82) is 0 Å². The van der Waals surface area contributed by atoms with E-state index in [1.807, 2.05) is 43.0 Å². The number of sulfone groups is 1. The van der Waals surface area contributed by atoms with E-state index >= 15 is 0 Å². The number of carbonyl (C=O) groups is 1. The highest BCUT2D eigenvalue weighted by molar-refractivity contribution is 7.91. The zero-order chi connectivity index (χ0) is 20.3. The molecule has 2 heterocycles. The van der Waals surface area contributed by atoms with Crippen LogP contribution in [0.5, 0.6) is 0 Å². The standard InChI is InChI=1S/C20H30ClN3O3S/c1-3-16(2)24(17-8-13-28(26,27)15-17)20(25)14-22-9-11-23(12-10-22)19-7-5-4-6-18(19)21/h4-7,16-17H,3,8-15H2,1-2H3/t16-,17+/m1/s1. The molecule has 8 heteroatoms. The molecule has 0 unspecified atom stereocenters. The van der Waals surface area contributed by atoms with Crippen LogP contribution in [0.25, 0.3) is 0 Å². The molecule has 0 saturated carbocycles. The zero-order valence-electron chi connectivity index (χ0n) is 16.7. The first-order chi connectivity index (χ1) is 13.3. The quantitative estimate of drug-likeness (QED) is 0.697. The molecule has 2 saturated heterocycles. The molecule has 0 bridgehead atoms. The van der Waals surface area contributed by atoms with Gasteiger partial charge in [-0.25, -0.2) is 8.42 Å². The highest BCUT2D eigenvalue weighted by Crippen LogP contribution is 2.26. The summed E-state index contributed by atoms with van der Waals surface area (Å²) in [5.41, 5.74) is 1.03. The van der Waals surface area contributed by atoms with Crippen LogP contribution in [0.1, 0.15) is 26.7 Å². The number of hydrogen-bond donors (Lipinski definition) is 0. The normalized spacial score (nSPS) is 23.5. The van der Waals surface area contributed by atoms with Gasteiger partial charge in [0.2, 0.25) is 5.91 Å². The molecule has 0 aliphatic carbocycles. The van der Waals surface area contributed by atoms with Crippen LogP contribution in [0.15, 0.2) is 24.3 Å². The predicted octanol–water partition coefficient (Wildman–Crippen LogP) is 2.28. The number of amides is 1. The number of hydrogen-bond acceptors (Lipinski definition) is 5. The lowest BCUT2D eigenvalue weighted by molar-refractivity contribution is -0.136. The van der Waals surface area contributed by atoms with Gasteiger partial charge in [0, 0.05) is 38.3 Å². The number of piperazine rings is 1.